The topological polar surface area (TPSA) is 64.9 Å². The number of rotatable bonds is 0. The molecule has 2 N–H and O–H groups in total. The van der Waals surface area contributed by atoms with Crippen molar-refractivity contribution in [1.82, 2.24) is 9.97 Å². The molecule has 0 saturated heterocycles. The average molecular weight is 149 g/mol. The molecule has 0 spiro atoms. The number of anilines is 1. The van der Waals surface area contributed by atoms with Crippen molar-refractivity contribution in [2.24, 2.45) is 0 Å². The van der Waals surface area contributed by atoms with E-state index in [1.54, 1.807) is 12.3 Å². The maximum Gasteiger partial charge on any atom is 0.293 e. The van der Waals surface area contributed by atoms with Crippen LogP contribution in [0.2, 0.25) is 0 Å². The number of aromatic nitrogens is 2. The van der Waals surface area contributed by atoms with Crippen LogP contribution >= 0.6 is 0 Å². The van der Waals surface area contributed by atoms with Gasteiger partial charge in [-0.1, -0.05) is 0 Å². The SMILES string of the molecule is Cc1cc2oc(N)nc2cn1. The first-order valence-corrected chi connectivity index (χ1v) is 3.24. The van der Waals surface area contributed by atoms with Gasteiger partial charge in [0.2, 0.25) is 0 Å². The predicted molar refractivity (Wildman–Crippen MR) is 41.0 cm³/mol. The second-order valence-corrected chi connectivity index (χ2v) is 2.35. The van der Waals surface area contributed by atoms with E-state index in [1.165, 1.54) is 0 Å². The van der Waals surface area contributed by atoms with Gasteiger partial charge in [-0.2, -0.15) is 4.98 Å². The first kappa shape index (κ1) is 6.15. The average Bonchev–Trinajstić information content (AvgIpc) is 2.27. The Balaban J connectivity index is 2.82. The maximum atomic E-state index is 5.34. The molecule has 2 aromatic heterocycles. The summed E-state index contributed by atoms with van der Waals surface area (Å²) in [5, 5.41) is 0. The molecule has 0 unspecified atom stereocenters. The number of oxazole rings is 1. The molecule has 0 fully saturated rings. The Morgan fingerprint density at radius 1 is 1.55 bits per heavy atom. The largest absolute Gasteiger partial charge is 0.424 e. The molecule has 2 heterocycles. The number of nitrogen functional groups attached to an aromatic ring is 1. The zero-order valence-electron chi connectivity index (χ0n) is 6.03. The van der Waals surface area contributed by atoms with Gasteiger partial charge in [0.1, 0.15) is 5.52 Å². The van der Waals surface area contributed by atoms with Gasteiger partial charge < -0.3 is 10.2 Å². The first-order valence-electron chi connectivity index (χ1n) is 3.24. The standard InChI is InChI=1S/C7H7N3O/c1-4-2-6-5(3-9-4)10-7(8)11-6/h2-3H,1H3,(H2,8,10). The molecule has 0 amide bonds. The highest BCUT2D eigenvalue weighted by atomic mass is 16.4. The van der Waals surface area contributed by atoms with Crippen LogP contribution < -0.4 is 5.73 Å². The van der Waals surface area contributed by atoms with E-state index in [0.717, 1.165) is 5.69 Å². The molecular formula is C7H7N3O. The molecule has 0 bridgehead atoms. The number of aryl methyl sites for hydroxylation is 1. The summed E-state index contributed by atoms with van der Waals surface area (Å²) in [6.45, 7) is 1.89. The van der Waals surface area contributed by atoms with Crippen LogP contribution in [0.15, 0.2) is 16.7 Å². The summed E-state index contributed by atoms with van der Waals surface area (Å²) in [6.07, 6.45) is 1.64. The fourth-order valence-electron chi connectivity index (χ4n) is 0.947. The van der Waals surface area contributed by atoms with Crippen molar-refractivity contribution >= 4 is 17.1 Å². The van der Waals surface area contributed by atoms with E-state index in [2.05, 4.69) is 9.97 Å². The zero-order chi connectivity index (χ0) is 7.84. The van der Waals surface area contributed by atoms with Gasteiger partial charge in [0.25, 0.3) is 6.01 Å². The lowest BCUT2D eigenvalue weighted by atomic mass is 10.3. The van der Waals surface area contributed by atoms with Gasteiger partial charge in [0.05, 0.1) is 6.20 Å². The number of nitrogens with zero attached hydrogens (tertiary/aromatic N) is 2. The molecule has 2 aromatic rings. The molecule has 56 valence electrons. The summed E-state index contributed by atoms with van der Waals surface area (Å²) in [6, 6.07) is 1.99. The number of pyridine rings is 1. The third-order valence-corrected chi connectivity index (χ3v) is 1.43. The summed E-state index contributed by atoms with van der Waals surface area (Å²) in [5.74, 6) is 0. The van der Waals surface area contributed by atoms with Crippen molar-refractivity contribution < 1.29 is 4.42 Å². The van der Waals surface area contributed by atoms with Crippen molar-refractivity contribution in [3.63, 3.8) is 0 Å². The highest BCUT2D eigenvalue weighted by Crippen LogP contribution is 2.15. The lowest BCUT2D eigenvalue weighted by Crippen LogP contribution is -1.81. The smallest absolute Gasteiger partial charge is 0.293 e. The molecule has 0 aliphatic carbocycles. The summed E-state index contributed by atoms with van der Waals surface area (Å²) in [4.78, 5) is 7.95. The fraction of sp³-hybridized carbons (Fsp3) is 0.143. The molecule has 0 atom stereocenters. The zero-order valence-corrected chi connectivity index (χ0v) is 6.03. The Hall–Kier alpha value is -1.58. The van der Waals surface area contributed by atoms with Crippen molar-refractivity contribution in [3.05, 3.63) is 18.0 Å². The number of nitrogens with two attached hydrogens (primary N) is 1. The van der Waals surface area contributed by atoms with Crippen molar-refractivity contribution in [3.8, 4) is 0 Å². The van der Waals surface area contributed by atoms with Crippen LogP contribution in [0, 0.1) is 6.92 Å². The van der Waals surface area contributed by atoms with Gasteiger partial charge in [0.15, 0.2) is 5.58 Å². The lowest BCUT2D eigenvalue weighted by Gasteiger charge is -1.86. The van der Waals surface area contributed by atoms with E-state index >= 15 is 0 Å². The normalized spacial score (nSPS) is 10.6. The summed E-state index contributed by atoms with van der Waals surface area (Å²) >= 11 is 0. The molecule has 0 aliphatic rings. The van der Waals surface area contributed by atoms with Crippen LogP contribution in [0.3, 0.4) is 0 Å². The Morgan fingerprint density at radius 3 is 3.18 bits per heavy atom. The Labute approximate surface area is 63.1 Å². The number of fused-ring (bicyclic) bond motifs is 1. The minimum Gasteiger partial charge on any atom is -0.424 e. The van der Waals surface area contributed by atoms with E-state index in [0.29, 0.717) is 11.1 Å². The minimum atomic E-state index is 0.187. The van der Waals surface area contributed by atoms with Gasteiger partial charge in [-0.25, -0.2) is 0 Å². The molecule has 11 heavy (non-hydrogen) atoms. The maximum absolute atomic E-state index is 5.34. The Morgan fingerprint density at radius 2 is 2.36 bits per heavy atom. The second kappa shape index (κ2) is 1.95. The molecule has 2 rings (SSSR count). The van der Waals surface area contributed by atoms with Crippen LogP contribution in [0.4, 0.5) is 6.01 Å². The highest BCUT2D eigenvalue weighted by Gasteiger charge is 2.01. The van der Waals surface area contributed by atoms with Crippen LogP contribution in [0.25, 0.3) is 11.1 Å². The minimum absolute atomic E-state index is 0.187. The first-order chi connectivity index (χ1) is 5.25. The summed E-state index contributed by atoms with van der Waals surface area (Å²) in [7, 11) is 0. The van der Waals surface area contributed by atoms with E-state index in [4.69, 9.17) is 10.2 Å². The van der Waals surface area contributed by atoms with Crippen LogP contribution in [0.1, 0.15) is 5.69 Å². The predicted octanol–water partition coefficient (Wildman–Crippen LogP) is 1.11. The lowest BCUT2D eigenvalue weighted by molar-refractivity contribution is 0.625. The van der Waals surface area contributed by atoms with Gasteiger partial charge in [-0.15, -0.1) is 0 Å². The van der Waals surface area contributed by atoms with Gasteiger partial charge in [0, 0.05) is 11.8 Å². The van der Waals surface area contributed by atoms with E-state index < -0.39 is 0 Å². The van der Waals surface area contributed by atoms with Crippen LogP contribution in [0.5, 0.6) is 0 Å². The van der Waals surface area contributed by atoms with Crippen LogP contribution in [-0.4, -0.2) is 9.97 Å². The molecule has 0 radical (unpaired) electrons. The van der Waals surface area contributed by atoms with E-state index in [1.807, 2.05) is 6.92 Å². The van der Waals surface area contributed by atoms with E-state index in [-0.39, 0.29) is 6.01 Å². The summed E-state index contributed by atoms with van der Waals surface area (Å²) < 4.78 is 5.08. The van der Waals surface area contributed by atoms with Gasteiger partial charge >= 0.3 is 0 Å². The summed E-state index contributed by atoms with van der Waals surface area (Å²) in [5.41, 5.74) is 7.62. The molecule has 0 aromatic carbocycles. The highest BCUT2D eigenvalue weighted by molar-refractivity contribution is 5.73. The fourth-order valence-corrected chi connectivity index (χ4v) is 0.947. The van der Waals surface area contributed by atoms with Crippen molar-refractivity contribution in [1.29, 1.82) is 0 Å². The molecular weight excluding hydrogens is 142 g/mol. The van der Waals surface area contributed by atoms with Crippen LogP contribution in [-0.2, 0) is 0 Å². The molecule has 0 saturated carbocycles. The Bertz CT molecular complexity index is 393. The molecule has 4 heteroatoms. The van der Waals surface area contributed by atoms with Gasteiger partial charge in [-0.05, 0) is 6.92 Å². The van der Waals surface area contributed by atoms with E-state index in [9.17, 15) is 0 Å². The third-order valence-electron chi connectivity index (χ3n) is 1.43. The second-order valence-electron chi connectivity index (χ2n) is 2.35. The quantitative estimate of drug-likeness (QED) is 0.609. The van der Waals surface area contributed by atoms with Crippen molar-refractivity contribution in [2.45, 2.75) is 6.92 Å². The third kappa shape index (κ3) is 0.920. The van der Waals surface area contributed by atoms with Gasteiger partial charge in [-0.3, -0.25) is 4.98 Å². The monoisotopic (exact) mass is 149 g/mol. The van der Waals surface area contributed by atoms with Crippen molar-refractivity contribution in [2.75, 3.05) is 5.73 Å². The molecule has 4 nitrogen and oxygen atoms in total. The number of hydrogen-bond acceptors (Lipinski definition) is 4. The molecule has 0 aliphatic heterocycles. The Kier molecular flexibility index (Phi) is 1.09. The number of hydrogen-bond donors (Lipinski definition) is 1.